The Bertz CT molecular complexity index is 741. The van der Waals surface area contributed by atoms with Crippen molar-refractivity contribution >= 4 is 27.6 Å². The molecule has 2 rings (SSSR count). The molecule has 1 amide bonds. The minimum absolute atomic E-state index is 0.114. The van der Waals surface area contributed by atoms with Gasteiger partial charge in [-0.05, 0) is 43.7 Å². The monoisotopic (exact) mass is 384 g/mol. The van der Waals surface area contributed by atoms with Crippen LogP contribution in [0.4, 0.5) is 5.69 Å². The molecular formula is C17H24N2O6S. The fraction of sp³-hybridized carbons (Fsp3) is 0.529. The van der Waals surface area contributed by atoms with E-state index in [2.05, 4.69) is 17.0 Å². The van der Waals surface area contributed by atoms with E-state index in [4.69, 9.17) is 9.84 Å². The zero-order valence-electron chi connectivity index (χ0n) is 14.6. The van der Waals surface area contributed by atoms with Gasteiger partial charge in [0.25, 0.3) is 0 Å². The lowest BCUT2D eigenvalue weighted by Crippen LogP contribution is -2.41. The number of carbonyl (C=O) groups is 2. The number of benzene rings is 1. The number of ether oxygens (including phenoxy) is 1. The van der Waals surface area contributed by atoms with Crippen LogP contribution >= 0.6 is 0 Å². The number of carboxylic acids is 1. The van der Waals surface area contributed by atoms with Crippen molar-refractivity contribution in [1.82, 2.24) is 4.72 Å². The maximum Gasteiger partial charge on any atom is 0.341 e. The Hall–Kier alpha value is -2.13. The summed E-state index contributed by atoms with van der Waals surface area (Å²) in [6.07, 6.45) is 3.51. The number of hydrogen-bond acceptors (Lipinski definition) is 5. The summed E-state index contributed by atoms with van der Waals surface area (Å²) in [6, 6.07) is 6.00. The number of rotatable bonds is 8. The largest absolute Gasteiger partial charge is 0.482 e. The van der Waals surface area contributed by atoms with Gasteiger partial charge >= 0.3 is 5.97 Å². The lowest BCUT2D eigenvalue weighted by molar-refractivity contribution is -0.139. The van der Waals surface area contributed by atoms with Crippen molar-refractivity contribution in [3.63, 3.8) is 0 Å². The van der Waals surface area contributed by atoms with E-state index in [1.54, 1.807) is 18.2 Å². The summed E-state index contributed by atoms with van der Waals surface area (Å²) in [5.74, 6) is -1.58. The first-order valence-electron chi connectivity index (χ1n) is 8.48. The van der Waals surface area contributed by atoms with Gasteiger partial charge < -0.3 is 15.2 Å². The van der Waals surface area contributed by atoms with Crippen molar-refractivity contribution in [3.8, 4) is 5.75 Å². The zero-order valence-corrected chi connectivity index (χ0v) is 15.4. The van der Waals surface area contributed by atoms with E-state index in [-0.39, 0.29) is 11.8 Å². The third-order valence-corrected chi connectivity index (χ3v) is 5.50. The van der Waals surface area contributed by atoms with Crippen molar-refractivity contribution in [2.24, 2.45) is 5.92 Å². The molecule has 0 spiro atoms. The lowest BCUT2D eigenvalue weighted by atomic mass is 9.88. The highest BCUT2D eigenvalue weighted by molar-refractivity contribution is 7.90. The number of sulfonamides is 1. The van der Waals surface area contributed by atoms with E-state index < -0.39 is 34.3 Å². The smallest absolute Gasteiger partial charge is 0.341 e. The summed E-state index contributed by atoms with van der Waals surface area (Å²) >= 11 is 0. The standard InChI is InChI=1S/C17H24N2O6S/c1-12-5-7-13(8-6-12)19-26(23,24)11-16(20)18-14-3-2-4-15(9-14)25-10-17(21)22/h2-4,9,12-13,19H,5-8,10-11H2,1H3,(H,18,20)(H,21,22). The molecule has 1 aliphatic rings. The average molecular weight is 384 g/mol. The van der Waals surface area contributed by atoms with E-state index in [0.717, 1.165) is 25.7 Å². The molecule has 0 heterocycles. The molecule has 9 heteroatoms. The lowest BCUT2D eigenvalue weighted by Gasteiger charge is -2.26. The van der Waals surface area contributed by atoms with Crippen LogP contribution in [0, 0.1) is 5.92 Å². The number of hydrogen-bond donors (Lipinski definition) is 3. The molecule has 0 radical (unpaired) electrons. The van der Waals surface area contributed by atoms with Crippen molar-refractivity contribution in [3.05, 3.63) is 24.3 Å². The molecule has 0 bridgehead atoms. The maximum absolute atomic E-state index is 12.2. The topological polar surface area (TPSA) is 122 Å². The molecule has 0 saturated heterocycles. The van der Waals surface area contributed by atoms with Gasteiger partial charge in [0.15, 0.2) is 6.61 Å². The number of nitrogens with one attached hydrogen (secondary N) is 2. The van der Waals surface area contributed by atoms with Gasteiger partial charge in [0.05, 0.1) is 0 Å². The SMILES string of the molecule is CC1CCC(NS(=O)(=O)CC(=O)Nc2cccc(OCC(=O)O)c2)CC1. The summed E-state index contributed by atoms with van der Waals surface area (Å²) in [5.41, 5.74) is 0.333. The molecule has 1 saturated carbocycles. The second kappa shape index (κ2) is 9.00. The normalized spacial score (nSPS) is 20.3. The van der Waals surface area contributed by atoms with Crippen LogP contribution in [0.25, 0.3) is 0 Å². The maximum atomic E-state index is 12.2. The predicted molar refractivity (Wildman–Crippen MR) is 96.5 cm³/mol. The Morgan fingerprint density at radius 2 is 1.92 bits per heavy atom. The van der Waals surface area contributed by atoms with E-state index >= 15 is 0 Å². The van der Waals surface area contributed by atoms with Gasteiger partial charge in [-0.1, -0.05) is 13.0 Å². The number of carbonyl (C=O) groups excluding carboxylic acids is 1. The Kier molecular flexibility index (Phi) is 6.98. The Morgan fingerprint density at radius 1 is 1.23 bits per heavy atom. The van der Waals surface area contributed by atoms with Crippen LogP contribution in [0.3, 0.4) is 0 Å². The summed E-state index contributed by atoms with van der Waals surface area (Å²) in [5, 5.41) is 11.1. The first kappa shape index (κ1) is 20.2. The van der Waals surface area contributed by atoms with Gasteiger partial charge in [0.1, 0.15) is 11.5 Å². The summed E-state index contributed by atoms with van der Waals surface area (Å²) < 4.78 is 31.9. The molecule has 1 fully saturated rings. The second-order valence-electron chi connectivity index (χ2n) is 6.59. The fourth-order valence-electron chi connectivity index (χ4n) is 2.85. The molecule has 0 atom stereocenters. The zero-order chi connectivity index (χ0) is 19.2. The van der Waals surface area contributed by atoms with E-state index in [9.17, 15) is 18.0 Å². The molecule has 26 heavy (non-hydrogen) atoms. The van der Waals surface area contributed by atoms with Crippen LogP contribution in [0.5, 0.6) is 5.75 Å². The predicted octanol–water partition coefficient (Wildman–Crippen LogP) is 1.59. The van der Waals surface area contributed by atoms with Crippen LogP contribution in [0.2, 0.25) is 0 Å². The molecular weight excluding hydrogens is 360 g/mol. The molecule has 8 nitrogen and oxygen atoms in total. The molecule has 0 aromatic heterocycles. The first-order valence-corrected chi connectivity index (χ1v) is 10.1. The van der Waals surface area contributed by atoms with Gasteiger partial charge in [0.2, 0.25) is 15.9 Å². The Balaban J connectivity index is 1.87. The van der Waals surface area contributed by atoms with E-state index in [1.165, 1.54) is 6.07 Å². The van der Waals surface area contributed by atoms with Crippen molar-refractivity contribution < 1.29 is 27.9 Å². The Labute approximate surface area is 153 Å². The van der Waals surface area contributed by atoms with Crippen LogP contribution in [0.1, 0.15) is 32.6 Å². The van der Waals surface area contributed by atoms with Crippen molar-refractivity contribution in [2.75, 3.05) is 17.7 Å². The summed E-state index contributed by atoms with van der Waals surface area (Å²) in [7, 11) is -3.72. The highest BCUT2D eigenvalue weighted by Crippen LogP contribution is 2.24. The van der Waals surface area contributed by atoms with Gasteiger partial charge in [-0.2, -0.15) is 0 Å². The molecule has 1 aliphatic carbocycles. The molecule has 0 aliphatic heterocycles. The van der Waals surface area contributed by atoms with Crippen molar-refractivity contribution in [1.29, 1.82) is 0 Å². The van der Waals surface area contributed by atoms with E-state index in [1.807, 2.05) is 0 Å². The second-order valence-corrected chi connectivity index (χ2v) is 8.35. The van der Waals surface area contributed by atoms with Gasteiger partial charge in [0, 0.05) is 17.8 Å². The minimum Gasteiger partial charge on any atom is -0.482 e. The average Bonchev–Trinajstić information content (AvgIpc) is 2.54. The summed E-state index contributed by atoms with van der Waals surface area (Å²) in [4.78, 5) is 22.5. The third-order valence-electron chi connectivity index (χ3n) is 4.16. The number of carboxylic acid groups (broad SMARTS) is 1. The van der Waals surface area contributed by atoms with Crippen LogP contribution in [0.15, 0.2) is 24.3 Å². The minimum atomic E-state index is -3.72. The van der Waals surface area contributed by atoms with Crippen LogP contribution < -0.4 is 14.8 Å². The molecule has 1 aromatic carbocycles. The quantitative estimate of drug-likeness (QED) is 0.626. The Morgan fingerprint density at radius 3 is 2.58 bits per heavy atom. The highest BCUT2D eigenvalue weighted by atomic mass is 32.2. The fourth-order valence-corrected chi connectivity index (χ4v) is 4.10. The highest BCUT2D eigenvalue weighted by Gasteiger charge is 2.24. The molecule has 3 N–H and O–H groups in total. The van der Waals surface area contributed by atoms with E-state index in [0.29, 0.717) is 11.6 Å². The molecule has 0 unspecified atom stereocenters. The van der Waals surface area contributed by atoms with Gasteiger partial charge in [-0.25, -0.2) is 17.9 Å². The van der Waals surface area contributed by atoms with Crippen LogP contribution in [-0.4, -0.2) is 43.8 Å². The van der Waals surface area contributed by atoms with Gasteiger partial charge in [-0.3, -0.25) is 4.79 Å². The third kappa shape index (κ3) is 7.01. The number of anilines is 1. The number of aliphatic carboxylic acids is 1. The van der Waals surface area contributed by atoms with Crippen molar-refractivity contribution in [2.45, 2.75) is 38.6 Å². The first-order chi connectivity index (χ1) is 12.2. The van der Waals surface area contributed by atoms with Crippen LogP contribution in [-0.2, 0) is 19.6 Å². The summed E-state index contributed by atoms with van der Waals surface area (Å²) in [6.45, 7) is 1.64. The number of amides is 1. The molecule has 144 valence electrons. The van der Waals surface area contributed by atoms with Gasteiger partial charge in [-0.15, -0.1) is 0 Å². The molecule has 1 aromatic rings.